The van der Waals surface area contributed by atoms with Crippen LogP contribution in [0.4, 0.5) is 0 Å². The SMILES string of the molecule is Cc1ccc(-c2ncc(-c3ccc(OCc4ccccc4)c(C)c3)[nH]2)cc1.Cl. The maximum Gasteiger partial charge on any atom is 0.137 e. The fourth-order valence-corrected chi connectivity index (χ4v) is 3.04. The lowest BCUT2D eigenvalue weighted by Gasteiger charge is -2.10. The van der Waals surface area contributed by atoms with Crippen LogP contribution in [0.5, 0.6) is 5.75 Å². The lowest BCUT2D eigenvalue weighted by Crippen LogP contribution is -1.97. The number of aryl methyl sites for hydroxylation is 2. The average molecular weight is 391 g/mol. The van der Waals surface area contributed by atoms with Crippen LogP contribution in [0.15, 0.2) is 79.0 Å². The highest BCUT2D eigenvalue weighted by Crippen LogP contribution is 2.27. The van der Waals surface area contributed by atoms with E-state index in [2.05, 4.69) is 72.3 Å². The molecule has 142 valence electrons. The van der Waals surface area contributed by atoms with E-state index in [1.807, 2.05) is 30.5 Å². The van der Waals surface area contributed by atoms with Crippen LogP contribution < -0.4 is 4.74 Å². The molecule has 0 spiro atoms. The Kier molecular flexibility index (Phi) is 6.17. The summed E-state index contributed by atoms with van der Waals surface area (Å²) in [5, 5.41) is 0. The van der Waals surface area contributed by atoms with Gasteiger partial charge in [-0.1, -0.05) is 60.2 Å². The Balaban J connectivity index is 0.00000225. The third-order valence-corrected chi connectivity index (χ3v) is 4.62. The summed E-state index contributed by atoms with van der Waals surface area (Å²) in [5.74, 6) is 1.79. The second kappa shape index (κ2) is 8.77. The van der Waals surface area contributed by atoms with Gasteiger partial charge in [0, 0.05) is 11.1 Å². The van der Waals surface area contributed by atoms with E-state index < -0.39 is 0 Å². The number of ether oxygens (including phenoxy) is 1. The smallest absolute Gasteiger partial charge is 0.137 e. The Morgan fingerprint density at radius 2 is 1.57 bits per heavy atom. The Bertz CT molecular complexity index is 1040. The minimum atomic E-state index is 0. The van der Waals surface area contributed by atoms with E-state index >= 15 is 0 Å². The summed E-state index contributed by atoms with van der Waals surface area (Å²) in [4.78, 5) is 7.95. The first-order valence-corrected chi connectivity index (χ1v) is 9.09. The van der Waals surface area contributed by atoms with E-state index in [4.69, 9.17) is 4.74 Å². The summed E-state index contributed by atoms with van der Waals surface area (Å²) in [6.07, 6.45) is 1.88. The predicted molar refractivity (Wildman–Crippen MR) is 117 cm³/mol. The Morgan fingerprint density at radius 1 is 0.857 bits per heavy atom. The van der Waals surface area contributed by atoms with Gasteiger partial charge in [-0.25, -0.2) is 4.98 Å². The van der Waals surface area contributed by atoms with E-state index in [0.717, 1.165) is 39.5 Å². The zero-order chi connectivity index (χ0) is 18.6. The van der Waals surface area contributed by atoms with Gasteiger partial charge in [-0.3, -0.25) is 0 Å². The number of hydrogen-bond donors (Lipinski definition) is 1. The van der Waals surface area contributed by atoms with Crippen molar-refractivity contribution in [3.05, 3.63) is 95.7 Å². The van der Waals surface area contributed by atoms with Gasteiger partial charge in [0.25, 0.3) is 0 Å². The lowest BCUT2D eigenvalue weighted by atomic mass is 10.1. The summed E-state index contributed by atoms with van der Waals surface area (Å²) < 4.78 is 5.97. The number of halogens is 1. The molecule has 4 aromatic rings. The van der Waals surface area contributed by atoms with Crippen molar-refractivity contribution in [2.45, 2.75) is 20.5 Å². The third-order valence-electron chi connectivity index (χ3n) is 4.62. The van der Waals surface area contributed by atoms with Crippen molar-refractivity contribution in [2.24, 2.45) is 0 Å². The Hall–Kier alpha value is -3.04. The summed E-state index contributed by atoms with van der Waals surface area (Å²) in [7, 11) is 0. The van der Waals surface area contributed by atoms with Crippen molar-refractivity contribution >= 4 is 12.4 Å². The topological polar surface area (TPSA) is 37.9 Å². The maximum absolute atomic E-state index is 5.97. The minimum Gasteiger partial charge on any atom is -0.489 e. The van der Waals surface area contributed by atoms with Gasteiger partial charge in [-0.15, -0.1) is 12.4 Å². The molecule has 0 amide bonds. The highest BCUT2D eigenvalue weighted by Gasteiger charge is 2.08. The van der Waals surface area contributed by atoms with E-state index in [9.17, 15) is 0 Å². The molecule has 1 aromatic heterocycles. The van der Waals surface area contributed by atoms with Crippen molar-refractivity contribution in [3.8, 4) is 28.4 Å². The molecule has 0 saturated carbocycles. The first kappa shape index (κ1) is 19.7. The van der Waals surface area contributed by atoms with Crippen LogP contribution in [0.3, 0.4) is 0 Å². The quantitative estimate of drug-likeness (QED) is 0.430. The van der Waals surface area contributed by atoms with Gasteiger partial charge in [-0.2, -0.15) is 0 Å². The number of nitrogens with one attached hydrogen (secondary N) is 1. The van der Waals surface area contributed by atoms with E-state index in [1.54, 1.807) is 0 Å². The molecule has 0 aliphatic carbocycles. The molecule has 0 radical (unpaired) electrons. The van der Waals surface area contributed by atoms with Crippen molar-refractivity contribution in [2.75, 3.05) is 0 Å². The van der Waals surface area contributed by atoms with E-state index in [0.29, 0.717) is 6.61 Å². The molecular weight excluding hydrogens is 368 g/mol. The summed E-state index contributed by atoms with van der Waals surface area (Å²) in [6.45, 7) is 4.73. The van der Waals surface area contributed by atoms with Crippen LogP contribution in [0.25, 0.3) is 22.6 Å². The molecule has 1 heterocycles. The molecule has 0 aliphatic heterocycles. The van der Waals surface area contributed by atoms with Gasteiger partial charge < -0.3 is 9.72 Å². The number of aromatic amines is 1. The first-order chi connectivity index (χ1) is 13.2. The van der Waals surface area contributed by atoms with E-state index in [-0.39, 0.29) is 12.4 Å². The molecule has 4 rings (SSSR count). The molecule has 0 atom stereocenters. The van der Waals surface area contributed by atoms with Gasteiger partial charge in [0.2, 0.25) is 0 Å². The van der Waals surface area contributed by atoms with Gasteiger partial charge >= 0.3 is 0 Å². The highest BCUT2D eigenvalue weighted by molar-refractivity contribution is 5.85. The molecular formula is C24H23ClN2O. The van der Waals surface area contributed by atoms with Gasteiger partial charge in [0.1, 0.15) is 18.2 Å². The molecule has 0 aliphatic rings. The maximum atomic E-state index is 5.97. The zero-order valence-corrected chi connectivity index (χ0v) is 16.8. The molecule has 1 N–H and O–H groups in total. The molecule has 3 nitrogen and oxygen atoms in total. The van der Waals surface area contributed by atoms with Crippen LogP contribution in [0.1, 0.15) is 16.7 Å². The van der Waals surface area contributed by atoms with Crippen LogP contribution in [-0.2, 0) is 6.61 Å². The molecule has 4 heteroatoms. The molecule has 0 bridgehead atoms. The first-order valence-electron chi connectivity index (χ1n) is 9.09. The van der Waals surface area contributed by atoms with Crippen LogP contribution in [0.2, 0.25) is 0 Å². The zero-order valence-electron chi connectivity index (χ0n) is 16.0. The summed E-state index contributed by atoms with van der Waals surface area (Å²) in [6, 6.07) is 24.8. The molecule has 0 fully saturated rings. The largest absolute Gasteiger partial charge is 0.489 e. The number of benzene rings is 3. The van der Waals surface area contributed by atoms with Crippen molar-refractivity contribution in [1.82, 2.24) is 9.97 Å². The monoisotopic (exact) mass is 390 g/mol. The Morgan fingerprint density at radius 3 is 2.29 bits per heavy atom. The number of nitrogens with zero attached hydrogens (tertiary/aromatic N) is 1. The number of imidazole rings is 1. The second-order valence-corrected chi connectivity index (χ2v) is 6.77. The predicted octanol–water partition coefficient (Wildman–Crippen LogP) is 6.36. The average Bonchev–Trinajstić information content (AvgIpc) is 3.18. The number of hydrogen-bond acceptors (Lipinski definition) is 2. The second-order valence-electron chi connectivity index (χ2n) is 6.77. The normalized spacial score (nSPS) is 10.4. The highest BCUT2D eigenvalue weighted by atomic mass is 35.5. The van der Waals surface area contributed by atoms with Gasteiger partial charge in [0.15, 0.2) is 0 Å². The lowest BCUT2D eigenvalue weighted by molar-refractivity contribution is 0.304. The number of aromatic nitrogens is 2. The van der Waals surface area contributed by atoms with Crippen molar-refractivity contribution < 1.29 is 4.74 Å². The Labute approximate surface area is 171 Å². The van der Waals surface area contributed by atoms with E-state index in [1.165, 1.54) is 5.56 Å². The fourth-order valence-electron chi connectivity index (χ4n) is 3.04. The van der Waals surface area contributed by atoms with Crippen molar-refractivity contribution in [1.29, 1.82) is 0 Å². The molecule has 0 unspecified atom stereocenters. The van der Waals surface area contributed by atoms with Crippen LogP contribution >= 0.6 is 12.4 Å². The summed E-state index contributed by atoms with van der Waals surface area (Å²) >= 11 is 0. The van der Waals surface area contributed by atoms with Crippen LogP contribution in [0, 0.1) is 13.8 Å². The minimum absolute atomic E-state index is 0. The van der Waals surface area contributed by atoms with Crippen molar-refractivity contribution in [3.63, 3.8) is 0 Å². The number of H-pyrrole nitrogens is 1. The molecule has 0 saturated heterocycles. The molecule has 3 aromatic carbocycles. The number of rotatable bonds is 5. The third kappa shape index (κ3) is 4.44. The standard InChI is InChI=1S/C24H22N2O.ClH/c1-17-8-10-20(11-9-17)24-25-15-22(26-24)21-12-13-23(18(2)14-21)27-16-19-6-4-3-5-7-19;/h3-15H,16H2,1-2H3,(H,25,26);1H. The molecule has 28 heavy (non-hydrogen) atoms. The van der Waals surface area contributed by atoms with Gasteiger partial charge in [-0.05, 0) is 43.2 Å². The van der Waals surface area contributed by atoms with Crippen LogP contribution in [-0.4, -0.2) is 9.97 Å². The fraction of sp³-hybridized carbons (Fsp3) is 0.125. The van der Waals surface area contributed by atoms with Gasteiger partial charge in [0.05, 0.1) is 11.9 Å². The summed E-state index contributed by atoms with van der Waals surface area (Å²) in [5.41, 5.74) is 6.71.